The summed E-state index contributed by atoms with van der Waals surface area (Å²) in [5, 5.41) is 10.7. The zero-order valence-electron chi connectivity index (χ0n) is 9.93. The molecule has 3 rings (SSSR count). The van der Waals surface area contributed by atoms with E-state index < -0.39 is 5.60 Å². The van der Waals surface area contributed by atoms with Gasteiger partial charge in [-0.15, -0.1) is 0 Å². The van der Waals surface area contributed by atoms with Gasteiger partial charge in [-0.1, -0.05) is 0 Å². The number of pyridine rings is 2. The molecule has 0 saturated heterocycles. The summed E-state index contributed by atoms with van der Waals surface area (Å²) in [6, 6.07) is 5.33. The largest absolute Gasteiger partial charge is 0.390 e. The van der Waals surface area contributed by atoms with E-state index in [4.69, 9.17) is 0 Å². The predicted molar refractivity (Wildman–Crippen MR) is 72.6 cm³/mol. The smallest absolute Gasteiger partial charge is 0.252 e. The van der Waals surface area contributed by atoms with E-state index in [1.54, 1.807) is 29.8 Å². The van der Waals surface area contributed by atoms with Crippen LogP contribution in [-0.2, 0) is 0 Å². The highest BCUT2D eigenvalue weighted by molar-refractivity contribution is 9.10. The monoisotopic (exact) mass is 308 g/mol. The minimum atomic E-state index is -0.651. The minimum absolute atomic E-state index is 0.0462. The maximum absolute atomic E-state index is 12.0. The van der Waals surface area contributed by atoms with E-state index in [2.05, 4.69) is 20.9 Å². The number of hydrogen-bond donors (Lipinski definition) is 1. The van der Waals surface area contributed by atoms with Crippen LogP contribution in [0.15, 0.2) is 33.7 Å². The van der Waals surface area contributed by atoms with E-state index >= 15 is 0 Å². The van der Waals surface area contributed by atoms with E-state index in [9.17, 15) is 9.90 Å². The van der Waals surface area contributed by atoms with Crippen LogP contribution in [0.3, 0.4) is 0 Å². The second kappa shape index (κ2) is 3.90. The molecule has 0 aliphatic heterocycles. The summed E-state index contributed by atoms with van der Waals surface area (Å²) in [5.41, 5.74) is -0.0224. The predicted octanol–water partition coefficient (Wildman–Crippen LogP) is 2.24. The number of aliphatic hydroxyl groups is 1. The molecule has 0 bridgehead atoms. The SMILES string of the molecule is C[C@]1(O)C[C@@H](n2c(=O)ccc3cc(Br)cnc32)C1. The van der Waals surface area contributed by atoms with E-state index in [1.165, 1.54) is 0 Å². The van der Waals surface area contributed by atoms with Crippen molar-refractivity contribution in [2.24, 2.45) is 0 Å². The van der Waals surface area contributed by atoms with Gasteiger partial charge in [-0.25, -0.2) is 4.98 Å². The number of fused-ring (bicyclic) bond motifs is 1. The van der Waals surface area contributed by atoms with Crippen LogP contribution >= 0.6 is 15.9 Å². The first-order valence-corrected chi connectivity index (χ1v) is 6.65. The van der Waals surface area contributed by atoms with Crippen LogP contribution in [0, 0.1) is 0 Å². The topological polar surface area (TPSA) is 55.1 Å². The van der Waals surface area contributed by atoms with Crippen molar-refractivity contribution in [1.82, 2.24) is 9.55 Å². The Morgan fingerprint density at radius 2 is 2.22 bits per heavy atom. The zero-order valence-corrected chi connectivity index (χ0v) is 11.5. The Hall–Kier alpha value is -1.20. The fraction of sp³-hybridized carbons (Fsp3) is 0.385. The molecule has 1 fully saturated rings. The van der Waals surface area contributed by atoms with Crippen LogP contribution in [0.5, 0.6) is 0 Å². The summed E-state index contributed by atoms with van der Waals surface area (Å²) in [7, 11) is 0. The number of aromatic nitrogens is 2. The van der Waals surface area contributed by atoms with Gasteiger partial charge in [0.15, 0.2) is 0 Å². The Morgan fingerprint density at radius 3 is 2.89 bits per heavy atom. The quantitative estimate of drug-likeness (QED) is 0.879. The maximum Gasteiger partial charge on any atom is 0.252 e. The van der Waals surface area contributed by atoms with Crippen molar-refractivity contribution in [1.29, 1.82) is 0 Å². The van der Waals surface area contributed by atoms with Crippen molar-refractivity contribution in [2.45, 2.75) is 31.4 Å². The van der Waals surface area contributed by atoms with E-state index in [-0.39, 0.29) is 11.6 Å². The summed E-state index contributed by atoms with van der Waals surface area (Å²) >= 11 is 3.37. The Bertz CT molecular complexity index is 670. The highest BCUT2D eigenvalue weighted by Crippen LogP contribution is 2.41. The van der Waals surface area contributed by atoms with E-state index in [1.807, 2.05) is 6.07 Å². The third kappa shape index (κ3) is 1.87. The van der Waals surface area contributed by atoms with Crippen molar-refractivity contribution >= 4 is 27.0 Å². The van der Waals surface area contributed by atoms with Crippen molar-refractivity contribution in [3.8, 4) is 0 Å². The Balaban J connectivity index is 2.16. The number of halogens is 1. The van der Waals surface area contributed by atoms with Gasteiger partial charge in [0.2, 0.25) is 0 Å². The van der Waals surface area contributed by atoms with Crippen LogP contribution in [0.1, 0.15) is 25.8 Å². The molecule has 0 atom stereocenters. The maximum atomic E-state index is 12.0. The van der Waals surface area contributed by atoms with Gasteiger partial charge in [0.1, 0.15) is 5.65 Å². The van der Waals surface area contributed by atoms with Gasteiger partial charge in [0.25, 0.3) is 5.56 Å². The van der Waals surface area contributed by atoms with E-state index in [0.29, 0.717) is 18.5 Å². The van der Waals surface area contributed by atoms with Crippen LogP contribution in [-0.4, -0.2) is 20.3 Å². The van der Waals surface area contributed by atoms with Gasteiger partial charge in [-0.3, -0.25) is 9.36 Å². The molecule has 0 aromatic carbocycles. The van der Waals surface area contributed by atoms with Gasteiger partial charge < -0.3 is 5.11 Å². The molecule has 0 spiro atoms. The fourth-order valence-electron chi connectivity index (χ4n) is 2.61. The van der Waals surface area contributed by atoms with Gasteiger partial charge in [0.05, 0.1) is 5.60 Å². The molecular weight excluding hydrogens is 296 g/mol. The van der Waals surface area contributed by atoms with Gasteiger partial charge >= 0.3 is 0 Å². The van der Waals surface area contributed by atoms with Gasteiger partial charge in [-0.2, -0.15) is 0 Å². The summed E-state index contributed by atoms with van der Waals surface area (Å²) in [5.74, 6) is 0. The zero-order chi connectivity index (χ0) is 12.9. The molecule has 0 radical (unpaired) electrons. The molecule has 1 N–H and O–H groups in total. The lowest BCUT2D eigenvalue weighted by Gasteiger charge is -2.41. The third-order valence-electron chi connectivity index (χ3n) is 3.45. The van der Waals surface area contributed by atoms with Crippen molar-refractivity contribution in [2.75, 3.05) is 0 Å². The summed E-state index contributed by atoms with van der Waals surface area (Å²) in [6.07, 6.45) is 2.89. The fourth-order valence-corrected chi connectivity index (χ4v) is 2.96. The molecule has 18 heavy (non-hydrogen) atoms. The van der Waals surface area contributed by atoms with Crippen LogP contribution in [0.2, 0.25) is 0 Å². The van der Waals surface area contributed by atoms with Crippen LogP contribution in [0.25, 0.3) is 11.0 Å². The first kappa shape index (κ1) is 11.9. The average molecular weight is 309 g/mol. The van der Waals surface area contributed by atoms with Crippen molar-refractivity contribution in [3.05, 3.63) is 39.2 Å². The Kier molecular flexibility index (Phi) is 2.57. The number of rotatable bonds is 1. The molecule has 5 heteroatoms. The second-order valence-electron chi connectivity index (χ2n) is 5.17. The number of hydrogen-bond acceptors (Lipinski definition) is 3. The second-order valence-corrected chi connectivity index (χ2v) is 6.08. The first-order chi connectivity index (χ1) is 8.46. The first-order valence-electron chi connectivity index (χ1n) is 5.85. The summed E-state index contributed by atoms with van der Waals surface area (Å²) < 4.78 is 2.58. The number of nitrogens with zero attached hydrogens (tertiary/aromatic N) is 2. The van der Waals surface area contributed by atoms with Gasteiger partial charge in [0, 0.05) is 28.2 Å². The summed E-state index contributed by atoms with van der Waals surface area (Å²) in [4.78, 5) is 16.3. The van der Waals surface area contributed by atoms with Crippen LogP contribution < -0.4 is 5.56 Å². The molecule has 94 valence electrons. The molecule has 2 heterocycles. The molecule has 1 saturated carbocycles. The Morgan fingerprint density at radius 1 is 1.50 bits per heavy atom. The molecule has 0 unspecified atom stereocenters. The average Bonchev–Trinajstić information content (AvgIpc) is 2.26. The highest BCUT2D eigenvalue weighted by Gasteiger charge is 2.40. The molecule has 4 nitrogen and oxygen atoms in total. The summed E-state index contributed by atoms with van der Waals surface area (Å²) in [6.45, 7) is 1.80. The van der Waals surface area contributed by atoms with Crippen LogP contribution in [0.4, 0.5) is 0 Å². The standard InChI is InChI=1S/C13H13BrN2O2/c1-13(18)5-10(6-13)16-11(17)3-2-8-4-9(14)7-15-12(8)16/h2-4,7,10,18H,5-6H2,1H3/t10-,13+. The van der Waals surface area contributed by atoms with Gasteiger partial charge in [-0.05, 0) is 47.8 Å². The molecule has 2 aromatic rings. The highest BCUT2D eigenvalue weighted by atomic mass is 79.9. The lowest BCUT2D eigenvalue weighted by atomic mass is 9.77. The molecule has 1 aliphatic rings. The van der Waals surface area contributed by atoms with E-state index in [0.717, 1.165) is 9.86 Å². The normalized spacial score (nSPS) is 27.2. The lowest BCUT2D eigenvalue weighted by Crippen LogP contribution is -2.45. The molecule has 2 aromatic heterocycles. The molecule has 0 amide bonds. The molecular formula is C13H13BrN2O2. The third-order valence-corrected chi connectivity index (χ3v) is 3.88. The molecule has 1 aliphatic carbocycles. The van der Waals surface area contributed by atoms with Crippen molar-refractivity contribution < 1.29 is 5.11 Å². The Labute approximate surface area is 112 Å². The minimum Gasteiger partial charge on any atom is -0.390 e. The van der Waals surface area contributed by atoms with Crippen molar-refractivity contribution in [3.63, 3.8) is 0 Å². The lowest BCUT2D eigenvalue weighted by molar-refractivity contribution is -0.0507.